The van der Waals surface area contributed by atoms with Crippen LogP contribution in [0.3, 0.4) is 0 Å². The predicted molar refractivity (Wildman–Crippen MR) is 84.6 cm³/mol. The van der Waals surface area contributed by atoms with Gasteiger partial charge in [-0.2, -0.15) is 0 Å². The summed E-state index contributed by atoms with van der Waals surface area (Å²) in [6, 6.07) is 12.1. The third kappa shape index (κ3) is 1.90. The molecule has 2 heterocycles. The maximum absolute atomic E-state index is 12.4. The Bertz CT molecular complexity index is 683. The molecule has 0 radical (unpaired) electrons. The van der Waals surface area contributed by atoms with E-state index in [-0.39, 0.29) is 11.2 Å². The van der Waals surface area contributed by atoms with Crippen molar-refractivity contribution in [1.82, 2.24) is 0 Å². The number of para-hydroxylation sites is 1. The van der Waals surface area contributed by atoms with E-state index >= 15 is 0 Å². The molecule has 0 amide bonds. The lowest BCUT2D eigenvalue weighted by Gasteiger charge is -2.23. The van der Waals surface area contributed by atoms with E-state index in [2.05, 4.69) is 36.9 Å². The summed E-state index contributed by atoms with van der Waals surface area (Å²) in [6.45, 7) is 4.34. The van der Waals surface area contributed by atoms with Crippen molar-refractivity contribution in [3.05, 3.63) is 64.0 Å². The van der Waals surface area contributed by atoms with Crippen LogP contribution in [-0.4, -0.2) is 12.8 Å². The van der Waals surface area contributed by atoms with Crippen LogP contribution in [0.2, 0.25) is 0 Å². The minimum atomic E-state index is -0.141. The molecule has 102 valence electrons. The molecule has 0 saturated carbocycles. The van der Waals surface area contributed by atoms with Gasteiger partial charge >= 0.3 is 0 Å². The summed E-state index contributed by atoms with van der Waals surface area (Å²) in [5.41, 5.74) is 3.37. The number of hydrogen-bond donors (Lipinski definition) is 0. The first-order valence-electron chi connectivity index (χ1n) is 6.65. The van der Waals surface area contributed by atoms with E-state index in [1.165, 1.54) is 22.6 Å². The molecule has 1 aromatic carbocycles. The van der Waals surface area contributed by atoms with Crippen LogP contribution < -0.4 is 4.90 Å². The molecule has 0 N–H and O–H groups in total. The van der Waals surface area contributed by atoms with Crippen molar-refractivity contribution in [2.24, 2.45) is 0 Å². The molecule has 0 spiro atoms. The van der Waals surface area contributed by atoms with Crippen LogP contribution in [0.15, 0.2) is 53.6 Å². The Kier molecular flexibility index (Phi) is 3.02. The second-order valence-electron chi connectivity index (χ2n) is 5.57. The Morgan fingerprint density at radius 1 is 1.20 bits per heavy atom. The van der Waals surface area contributed by atoms with Crippen molar-refractivity contribution in [1.29, 1.82) is 0 Å². The number of nitrogens with zero attached hydrogens (tertiary/aromatic N) is 1. The smallest absolute Gasteiger partial charge is 0.197 e. The topological polar surface area (TPSA) is 20.3 Å². The fourth-order valence-corrected chi connectivity index (χ4v) is 3.51. The number of likely N-dealkylation sites (N-methyl/N-ethyl adjacent to an activating group) is 1. The highest BCUT2D eigenvalue weighted by molar-refractivity contribution is 7.12. The summed E-state index contributed by atoms with van der Waals surface area (Å²) in [4.78, 5) is 15.3. The van der Waals surface area contributed by atoms with Crippen LogP contribution in [0.4, 0.5) is 5.69 Å². The van der Waals surface area contributed by atoms with Gasteiger partial charge in [0.15, 0.2) is 5.78 Å². The van der Waals surface area contributed by atoms with Gasteiger partial charge in [0, 0.05) is 29.9 Å². The van der Waals surface area contributed by atoms with Crippen molar-refractivity contribution in [2.75, 3.05) is 11.9 Å². The minimum absolute atomic E-state index is 0.0859. The number of carbonyl (C=O) groups excluding carboxylic acids is 1. The maximum atomic E-state index is 12.4. The molecule has 3 rings (SSSR count). The SMILES string of the molecule is CN1/C(=C/C(=O)c2cccs2)C(C)(C)c2ccccc21. The molecule has 1 aromatic heterocycles. The van der Waals surface area contributed by atoms with Crippen LogP contribution in [-0.2, 0) is 5.41 Å². The van der Waals surface area contributed by atoms with Crippen molar-refractivity contribution in [2.45, 2.75) is 19.3 Å². The van der Waals surface area contributed by atoms with E-state index in [9.17, 15) is 4.79 Å². The molecule has 1 aliphatic rings. The van der Waals surface area contributed by atoms with Gasteiger partial charge in [-0.25, -0.2) is 0 Å². The normalized spacial score (nSPS) is 18.4. The second-order valence-corrected chi connectivity index (χ2v) is 6.52. The number of allylic oxidation sites excluding steroid dienone is 2. The largest absolute Gasteiger partial charge is 0.347 e. The number of rotatable bonds is 2. The second kappa shape index (κ2) is 4.60. The third-order valence-electron chi connectivity index (χ3n) is 3.97. The zero-order valence-corrected chi connectivity index (χ0v) is 12.7. The quantitative estimate of drug-likeness (QED) is 0.607. The summed E-state index contributed by atoms with van der Waals surface area (Å²) in [5, 5.41) is 1.93. The Balaban J connectivity index is 2.06. The van der Waals surface area contributed by atoms with E-state index in [1.54, 1.807) is 6.08 Å². The van der Waals surface area contributed by atoms with Crippen molar-refractivity contribution < 1.29 is 4.79 Å². The molecule has 0 atom stereocenters. The highest BCUT2D eigenvalue weighted by Gasteiger charge is 2.38. The van der Waals surface area contributed by atoms with Crippen LogP contribution in [0.5, 0.6) is 0 Å². The number of fused-ring (bicyclic) bond motifs is 1. The van der Waals surface area contributed by atoms with Gasteiger partial charge in [-0.1, -0.05) is 38.1 Å². The highest BCUT2D eigenvalue weighted by Crippen LogP contribution is 2.46. The van der Waals surface area contributed by atoms with Gasteiger partial charge in [0.25, 0.3) is 0 Å². The molecule has 2 nitrogen and oxygen atoms in total. The Morgan fingerprint density at radius 2 is 1.95 bits per heavy atom. The van der Waals surface area contributed by atoms with Gasteiger partial charge in [0.05, 0.1) is 4.88 Å². The van der Waals surface area contributed by atoms with E-state index in [0.29, 0.717) is 0 Å². The number of anilines is 1. The van der Waals surface area contributed by atoms with Crippen molar-refractivity contribution in [3.8, 4) is 0 Å². The first-order valence-corrected chi connectivity index (χ1v) is 7.53. The standard InChI is InChI=1S/C17H17NOS/c1-17(2)12-7-4-5-8-13(12)18(3)16(17)11-14(19)15-9-6-10-20-15/h4-11H,1-3H3/b16-11+. The lowest BCUT2D eigenvalue weighted by atomic mass is 9.83. The monoisotopic (exact) mass is 283 g/mol. The average Bonchev–Trinajstić information content (AvgIpc) is 3.02. The van der Waals surface area contributed by atoms with Gasteiger partial charge in [0.1, 0.15) is 0 Å². The van der Waals surface area contributed by atoms with Gasteiger partial charge < -0.3 is 4.90 Å². The molecule has 0 fully saturated rings. The number of benzene rings is 1. The zero-order chi connectivity index (χ0) is 14.3. The fourth-order valence-electron chi connectivity index (χ4n) is 2.87. The summed E-state index contributed by atoms with van der Waals surface area (Å²) >= 11 is 1.49. The average molecular weight is 283 g/mol. The van der Waals surface area contributed by atoms with Crippen molar-refractivity contribution in [3.63, 3.8) is 0 Å². The molecular formula is C17H17NOS. The summed E-state index contributed by atoms with van der Waals surface area (Å²) in [6.07, 6.45) is 1.78. The Labute approximate surface area is 123 Å². The molecular weight excluding hydrogens is 266 g/mol. The molecule has 0 aliphatic carbocycles. The number of thiophene rings is 1. The van der Waals surface area contributed by atoms with Crippen LogP contribution in [0.25, 0.3) is 0 Å². The van der Waals surface area contributed by atoms with Crippen LogP contribution in [0.1, 0.15) is 29.1 Å². The molecule has 0 saturated heterocycles. The number of hydrogen-bond acceptors (Lipinski definition) is 3. The first-order chi connectivity index (χ1) is 9.51. The molecule has 3 heteroatoms. The fraction of sp³-hybridized carbons (Fsp3) is 0.235. The van der Waals surface area contributed by atoms with Gasteiger partial charge in [-0.15, -0.1) is 11.3 Å². The van der Waals surface area contributed by atoms with Crippen LogP contribution >= 0.6 is 11.3 Å². The summed E-state index contributed by atoms with van der Waals surface area (Å²) < 4.78 is 0. The Morgan fingerprint density at radius 3 is 2.60 bits per heavy atom. The van der Waals surface area contributed by atoms with Gasteiger partial charge in [-0.3, -0.25) is 4.79 Å². The van der Waals surface area contributed by atoms with E-state index < -0.39 is 0 Å². The third-order valence-corrected chi connectivity index (χ3v) is 4.86. The van der Waals surface area contributed by atoms with E-state index in [4.69, 9.17) is 0 Å². The summed E-state index contributed by atoms with van der Waals surface area (Å²) in [7, 11) is 2.03. The maximum Gasteiger partial charge on any atom is 0.197 e. The lowest BCUT2D eigenvalue weighted by Crippen LogP contribution is -2.24. The van der Waals surface area contributed by atoms with Gasteiger partial charge in [-0.05, 0) is 23.1 Å². The first kappa shape index (κ1) is 13.1. The molecule has 0 unspecified atom stereocenters. The van der Waals surface area contributed by atoms with Crippen LogP contribution in [0, 0.1) is 0 Å². The lowest BCUT2D eigenvalue weighted by molar-refractivity contribution is 0.104. The van der Waals surface area contributed by atoms with Gasteiger partial charge in [0.2, 0.25) is 0 Å². The Hall–Kier alpha value is -1.87. The minimum Gasteiger partial charge on any atom is -0.347 e. The van der Waals surface area contributed by atoms with E-state index in [1.807, 2.05) is 30.6 Å². The number of ketones is 1. The molecule has 20 heavy (non-hydrogen) atoms. The predicted octanol–water partition coefficient (Wildman–Crippen LogP) is 4.24. The molecule has 0 bridgehead atoms. The summed E-state index contributed by atoms with van der Waals surface area (Å²) in [5.74, 6) is 0.0859. The molecule has 1 aliphatic heterocycles. The van der Waals surface area contributed by atoms with E-state index in [0.717, 1.165) is 10.6 Å². The highest BCUT2D eigenvalue weighted by atomic mass is 32.1. The zero-order valence-electron chi connectivity index (χ0n) is 11.9. The van der Waals surface area contributed by atoms with Crippen molar-refractivity contribution >= 4 is 22.8 Å². The molecule has 2 aromatic rings. The number of carbonyl (C=O) groups is 1.